The van der Waals surface area contributed by atoms with Crippen LogP contribution in [0.15, 0.2) is 41.3 Å². The number of phenols is 1. The van der Waals surface area contributed by atoms with Crippen molar-refractivity contribution in [3.8, 4) is 11.5 Å². The van der Waals surface area contributed by atoms with E-state index in [4.69, 9.17) is 9.47 Å². The first-order valence-electron chi connectivity index (χ1n) is 11.3. The maximum atomic E-state index is 13.4. The zero-order chi connectivity index (χ0) is 24.5. The van der Waals surface area contributed by atoms with E-state index in [1.807, 2.05) is 0 Å². The summed E-state index contributed by atoms with van der Waals surface area (Å²) in [5.74, 6) is -0.486. The molecule has 2 heterocycles. The molecule has 0 amide bonds. The quantitative estimate of drug-likeness (QED) is 0.486. The Kier molecular flexibility index (Phi) is 6.86. The van der Waals surface area contributed by atoms with Crippen molar-refractivity contribution >= 4 is 26.7 Å². The number of aryl methyl sites for hydroxylation is 1. The number of esters is 1. The molecule has 0 radical (unpaired) electrons. The number of benzene rings is 2. The fourth-order valence-corrected chi connectivity index (χ4v) is 6.06. The van der Waals surface area contributed by atoms with Crippen molar-refractivity contribution in [2.75, 3.05) is 26.8 Å². The van der Waals surface area contributed by atoms with Gasteiger partial charge in [0, 0.05) is 35.8 Å². The Labute approximate surface area is 199 Å². The number of fused-ring (bicyclic) bond motifs is 1. The van der Waals surface area contributed by atoms with Crippen LogP contribution in [-0.4, -0.2) is 55.8 Å². The van der Waals surface area contributed by atoms with Crippen LogP contribution >= 0.6 is 0 Å². The van der Waals surface area contributed by atoms with Crippen LogP contribution in [0, 0.1) is 0 Å². The van der Waals surface area contributed by atoms with E-state index in [9.17, 15) is 18.3 Å². The van der Waals surface area contributed by atoms with E-state index in [0.29, 0.717) is 34.5 Å². The summed E-state index contributed by atoms with van der Waals surface area (Å²) in [7, 11) is -0.605. The van der Waals surface area contributed by atoms with Crippen LogP contribution in [0.3, 0.4) is 0 Å². The Morgan fingerprint density at radius 1 is 1.15 bits per heavy atom. The third-order valence-corrected chi connectivity index (χ3v) is 7.98. The highest BCUT2D eigenvalue weighted by atomic mass is 32.2. The van der Waals surface area contributed by atoms with Crippen LogP contribution in [0.1, 0.15) is 41.4 Å². The van der Waals surface area contributed by atoms with Crippen molar-refractivity contribution in [3.05, 3.63) is 53.2 Å². The van der Waals surface area contributed by atoms with Crippen molar-refractivity contribution in [2.45, 2.75) is 37.0 Å². The number of hydrogen-bond donors (Lipinski definition) is 1. The van der Waals surface area contributed by atoms with E-state index < -0.39 is 21.6 Å². The van der Waals surface area contributed by atoms with Crippen LogP contribution in [-0.2, 0) is 33.9 Å². The number of carbonyl (C=O) groups excluding carboxylic acids is 1. The van der Waals surface area contributed by atoms with Gasteiger partial charge in [0.05, 0.1) is 29.9 Å². The Hall–Kier alpha value is -3.04. The number of phenolic OH excluding ortho intramolecular Hbond substituents is 1. The molecule has 34 heavy (non-hydrogen) atoms. The van der Waals surface area contributed by atoms with Crippen LogP contribution in [0.2, 0.25) is 0 Å². The molecular weight excluding hydrogens is 456 g/mol. The molecule has 1 aliphatic heterocycles. The molecule has 1 N–H and O–H groups in total. The molecule has 1 aliphatic rings. The summed E-state index contributed by atoms with van der Waals surface area (Å²) in [6.07, 6.45) is 2.17. The van der Waals surface area contributed by atoms with Gasteiger partial charge >= 0.3 is 5.97 Å². The molecule has 1 fully saturated rings. The zero-order valence-corrected chi connectivity index (χ0v) is 20.5. The molecule has 1 aromatic heterocycles. The van der Waals surface area contributed by atoms with E-state index in [1.165, 1.54) is 19.2 Å². The molecule has 9 heteroatoms. The summed E-state index contributed by atoms with van der Waals surface area (Å²) in [5.41, 5.74) is 1.80. The largest absolute Gasteiger partial charge is 0.508 e. The molecule has 0 saturated carbocycles. The second-order valence-corrected chi connectivity index (χ2v) is 10.5. The average molecular weight is 487 g/mol. The van der Waals surface area contributed by atoms with Gasteiger partial charge in [-0.2, -0.15) is 0 Å². The van der Waals surface area contributed by atoms with Gasteiger partial charge in [0.15, 0.2) is 9.84 Å². The monoisotopic (exact) mass is 486 g/mol. The molecule has 0 spiro atoms. The first-order valence-corrected chi connectivity index (χ1v) is 13.0. The summed E-state index contributed by atoms with van der Waals surface area (Å²) in [6, 6.07) is 9.58. The van der Waals surface area contributed by atoms with Gasteiger partial charge in [0.25, 0.3) is 0 Å². The molecule has 2 aromatic carbocycles. The van der Waals surface area contributed by atoms with Gasteiger partial charge in [-0.05, 0) is 63.2 Å². The van der Waals surface area contributed by atoms with E-state index >= 15 is 0 Å². The van der Waals surface area contributed by atoms with Gasteiger partial charge in [-0.15, -0.1) is 0 Å². The first-order chi connectivity index (χ1) is 16.3. The lowest BCUT2D eigenvalue weighted by Gasteiger charge is -2.17. The second-order valence-electron chi connectivity index (χ2n) is 8.48. The topological polar surface area (TPSA) is 98.1 Å². The van der Waals surface area contributed by atoms with Gasteiger partial charge < -0.3 is 19.1 Å². The highest BCUT2D eigenvalue weighted by molar-refractivity contribution is 7.90. The molecule has 182 valence electrons. The van der Waals surface area contributed by atoms with E-state index in [2.05, 4.69) is 4.90 Å². The Morgan fingerprint density at radius 3 is 2.56 bits per heavy atom. The minimum Gasteiger partial charge on any atom is -0.508 e. The summed E-state index contributed by atoms with van der Waals surface area (Å²) in [4.78, 5) is 15.5. The zero-order valence-electron chi connectivity index (χ0n) is 19.7. The molecule has 1 saturated heterocycles. The molecule has 8 nitrogen and oxygen atoms in total. The fourth-order valence-electron chi connectivity index (χ4n) is 4.61. The number of ether oxygens (including phenoxy) is 2. The maximum absolute atomic E-state index is 13.4. The van der Waals surface area contributed by atoms with Crippen LogP contribution in [0.25, 0.3) is 10.9 Å². The fraction of sp³-hybridized carbons (Fsp3) is 0.400. The molecule has 0 atom stereocenters. The van der Waals surface area contributed by atoms with Crippen LogP contribution in [0.4, 0.5) is 0 Å². The van der Waals surface area contributed by atoms with Crippen molar-refractivity contribution in [2.24, 2.45) is 7.05 Å². The normalized spacial score (nSPS) is 14.6. The number of hydrogen-bond acceptors (Lipinski definition) is 7. The Bertz CT molecular complexity index is 1320. The van der Waals surface area contributed by atoms with E-state index in [0.717, 1.165) is 25.9 Å². The summed E-state index contributed by atoms with van der Waals surface area (Å²) >= 11 is 0. The highest BCUT2D eigenvalue weighted by Gasteiger charge is 2.30. The van der Waals surface area contributed by atoms with E-state index in [-0.39, 0.29) is 22.8 Å². The average Bonchev–Trinajstić information content (AvgIpc) is 3.42. The first kappa shape index (κ1) is 24.1. The third kappa shape index (κ3) is 4.50. The third-order valence-electron chi connectivity index (χ3n) is 6.36. The summed E-state index contributed by atoms with van der Waals surface area (Å²) < 4.78 is 39.0. The van der Waals surface area contributed by atoms with Gasteiger partial charge in [0.1, 0.15) is 11.5 Å². The number of sulfone groups is 1. The SMILES string of the molecule is CCOC(=O)c1c(CS(=O)(=O)c2cccc(OC)c2)n(C)c2ccc(O)c(CN3CCCC3)c12. The van der Waals surface area contributed by atoms with Gasteiger partial charge in [-0.1, -0.05) is 6.07 Å². The summed E-state index contributed by atoms with van der Waals surface area (Å²) in [5, 5.41) is 11.3. The predicted molar refractivity (Wildman–Crippen MR) is 129 cm³/mol. The second kappa shape index (κ2) is 9.68. The summed E-state index contributed by atoms with van der Waals surface area (Å²) in [6.45, 7) is 4.15. The molecule has 0 unspecified atom stereocenters. The molecular formula is C25H30N2O6S. The predicted octanol–water partition coefficient (Wildman–Crippen LogP) is 3.64. The van der Waals surface area contributed by atoms with E-state index in [1.54, 1.807) is 42.8 Å². The molecule has 0 bridgehead atoms. The number of nitrogens with zero attached hydrogens (tertiary/aromatic N) is 2. The van der Waals surface area contributed by atoms with Crippen molar-refractivity contribution in [1.82, 2.24) is 9.47 Å². The lowest BCUT2D eigenvalue weighted by atomic mass is 10.0. The number of likely N-dealkylation sites (tertiary alicyclic amines) is 1. The minimum absolute atomic E-state index is 0.0813. The minimum atomic E-state index is -3.81. The van der Waals surface area contributed by atoms with Crippen LogP contribution < -0.4 is 4.74 Å². The Morgan fingerprint density at radius 2 is 1.88 bits per heavy atom. The lowest BCUT2D eigenvalue weighted by molar-refractivity contribution is 0.0527. The molecule has 4 rings (SSSR count). The number of aromatic nitrogens is 1. The smallest absolute Gasteiger partial charge is 0.340 e. The van der Waals surface area contributed by atoms with Crippen molar-refractivity contribution in [1.29, 1.82) is 0 Å². The number of rotatable bonds is 8. The van der Waals surface area contributed by atoms with Gasteiger partial charge in [0.2, 0.25) is 0 Å². The van der Waals surface area contributed by atoms with Gasteiger partial charge in [-0.25, -0.2) is 13.2 Å². The van der Waals surface area contributed by atoms with Crippen molar-refractivity contribution in [3.63, 3.8) is 0 Å². The molecule has 0 aliphatic carbocycles. The van der Waals surface area contributed by atoms with Crippen LogP contribution in [0.5, 0.6) is 11.5 Å². The maximum Gasteiger partial charge on any atom is 0.340 e. The molecule has 3 aromatic rings. The number of carbonyl (C=O) groups is 1. The van der Waals surface area contributed by atoms with Gasteiger partial charge in [-0.3, -0.25) is 4.90 Å². The number of methoxy groups -OCH3 is 1. The highest BCUT2D eigenvalue weighted by Crippen LogP contribution is 2.37. The lowest BCUT2D eigenvalue weighted by Crippen LogP contribution is -2.19. The number of aromatic hydroxyl groups is 1. The standard InChI is InChI=1S/C25H30N2O6S/c1-4-33-25(29)24-21(16-34(30,31)18-9-7-8-17(14-18)32-3)26(2)20-10-11-22(28)19(23(20)24)15-27-12-5-6-13-27/h7-11,14,28H,4-6,12-13,15-16H2,1-3H3. The Balaban J connectivity index is 1.89. The van der Waals surface area contributed by atoms with Crippen molar-refractivity contribution < 1.29 is 27.8 Å².